The third-order valence-electron chi connectivity index (χ3n) is 4.05. The molecule has 0 atom stereocenters. The maximum absolute atomic E-state index is 12.0. The second-order valence-electron chi connectivity index (χ2n) is 6.06. The normalized spacial score (nSPS) is 16.1. The van der Waals surface area contributed by atoms with Gasteiger partial charge in [-0.25, -0.2) is 8.42 Å². The lowest BCUT2D eigenvalue weighted by Crippen LogP contribution is -2.22. The highest BCUT2D eigenvalue weighted by Gasteiger charge is 2.29. The average Bonchev–Trinajstić information content (AvgIpc) is 2.90. The van der Waals surface area contributed by atoms with E-state index in [4.69, 9.17) is 0 Å². The Morgan fingerprint density at radius 3 is 2.50 bits per heavy atom. The quantitative estimate of drug-likeness (QED) is 0.734. The maximum atomic E-state index is 12.0. The van der Waals surface area contributed by atoms with Crippen LogP contribution in [0.15, 0.2) is 64.5 Å². The summed E-state index contributed by atoms with van der Waals surface area (Å²) in [7, 11) is -3.48. The van der Waals surface area contributed by atoms with E-state index in [1.54, 1.807) is 24.3 Å². The van der Waals surface area contributed by atoms with Crippen molar-refractivity contribution >= 4 is 27.5 Å². The summed E-state index contributed by atoms with van der Waals surface area (Å²) in [6.45, 7) is 0.520. The Hall–Kier alpha value is -2.67. The number of anilines is 1. The van der Waals surface area contributed by atoms with Crippen LogP contribution in [0, 0.1) is 0 Å². The fraction of sp³-hybridized carbons (Fsp3) is 0.263. The Labute approximate surface area is 153 Å². The predicted octanol–water partition coefficient (Wildman–Crippen LogP) is 2.92. The maximum Gasteiger partial charge on any atom is 0.263 e. The minimum Gasteiger partial charge on any atom is -0.326 e. The number of nitrogens with zero attached hydrogens (tertiary/aromatic N) is 1. The lowest BCUT2D eigenvalue weighted by molar-refractivity contribution is -0.116. The topological polar surface area (TPSA) is 87.6 Å². The number of para-hydroxylation sites is 1. The summed E-state index contributed by atoms with van der Waals surface area (Å²) in [5.41, 5.74) is 1.42. The van der Waals surface area contributed by atoms with E-state index < -0.39 is 10.0 Å². The standard InChI is InChI=1S/C19H21N3O3S/c23-18(21-15-9-3-1-4-10-15)13-5-2-8-14-20-19-16-11-6-7-12-17(16)26(24,25)22-19/h1,3-4,6-7,9-12H,2,5,8,13-14H2,(H,20,22)(H,21,23). The molecule has 0 saturated carbocycles. The molecule has 0 saturated heterocycles. The van der Waals surface area contributed by atoms with Gasteiger partial charge in [-0.15, -0.1) is 0 Å². The van der Waals surface area contributed by atoms with Gasteiger partial charge in [-0.3, -0.25) is 14.5 Å². The molecule has 3 rings (SSSR count). The Bertz CT molecular complexity index is 909. The molecule has 2 aromatic rings. The van der Waals surface area contributed by atoms with Gasteiger partial charge in [-0.05, 0) is 37.1 Å². The van der Waals surface area contributed by atoms with Gasteiger partial charge in [0, 0.05) is 24.2 Å². The molecule has 1 amide bonds. The number of rotatable bonds is 7. The van der Waals surface area contributed by atoms with Crippen molar-refractivity contribution in [2.45, 2.75) is 30.6 Å². The molecule has 0 unspecified atom stereocenters. The number of unbranched alkanes of at least 4 members (excludes halogenated alkanes) is 2. The molecule has 0 radical (unpaired) electrons. The van der Waals surface area contributed by atoms with E-state index in [1.807, 2.05) is 30.3 Å². The van der Waals surface area contributed by atoms with Crippen molar-refractivity contribution < 1.29 is 13.2 Å². The summed E-state index contributed by atoms with van der Waals surface area (Å²) in [6.07, 6.45) is 2.88. The number of amides is 1. The van der Waals surface area contributed by atoms with Gasteiger partial charge in [-0.1, -0.05) is 36.8 Å². The van der Waals surface area contributed by atoms with Gasteiger partial charge in [0.1, 0.15) is 5.84 Å². The van der Waals surface area contributed by atoms with Crippen molar-refractivity contribution in [3.8, 4) is 0 Å². The fourth-order valence-corrected chi connectivity index (χ4v) is 4.01. The van der Waals surface area contributed by atoms with Crippen molar-refractivity contribution in [2.75, 3.05) is 11.9 Å². The van der Waals surface area contributed by atoms with Crippen LogP contribution in [0.25, 0.3) is 0 Å². The summed E-state index contributed by atoms with van der Waals surface area (Å²) < 4.78 is 26.5. The second-order valence-corrected chi connectivity index (χ2v) is 7.71. The lowest BCUT2D eigenvalue weighted by Gasteiger charge is -2.04. The summed E-state index contributed by atoms with van der Waals surface area (Å²) in [5, 5.41) is 2.85. The van der Waals surface area contributed by atoms with Gasteiger partial charge < -0.3 is 5.32 Å². The third-order valence-corrected chi connectivity index (χ3v) is 5.45. The van der Waals surface area contributed by atoms with Gasteiger partial charge in [-0.2, -0.15) is 0 Å². The first kappa shape index (κ1) is 18.1. The lowest BCUT2D eigenvalue weighted by atomic mass is 10.2. The van der Waals surface area contributed by atoms with E-state index in [9.17, 15) is 13.2 Å². The number of carbonyl (C=O) groups excluding carboxylic acids is 1. The largest absolute Gasteiger partial charge is 0.326 e. The summed E-state index contributed by atoms with van der Waals surface area (Å²) in [5.74, 6) is 0.405. The van der Waals surface area contributed by atoms with Crippen molar-refractivity contribution in [1.29, 1.82) is 0 Å². The van der Waals surface area contributed by atoms with Crippen LogP contribution >= 0.6 is 0 Å². The number of nitrogens with one attached hydrogen (secondary N) is 2. The van der Waals surface area contributed by atoms with Crippen LogP contribution in [0.2, 0.25) is 0 Å². The first-order valence-electron chi connectivity index (χ1n) is 8.58. The summed E-state index contributed by atoms with van der Waals surface area (Å²) >= 11 is 0. The zero-order valence-corrected chi connectivity index (χ0v) is 15.1. The van der Waals surface area contributed by atoms with Crippen molar-refractivity contribution in [3.05, 3.63) is 60.2 Å². The number of hydrogen-bond donors (Lipinski definition) is 2. The first-order chi connectivity index (χ1) is 12.6. The van der Waals surface area contributed by atoms with E-state index in [1.165, 1.54) is 0 Å². The van der Waals surface area contributed by atoms with E-state index in [-0.39, 0.29) is 10.8 Å². The monoisotopic (exact) mass is 371 g/mol. The van der Waals surface area contributed by atoms with E-state index >= 15 is 0 Å². The fourth-order valence-electron chi connectivity index (χ4n) is 2.76. The molecular weight excluding hydrogens is 350 g/mol. The molecule has 0 fully saturated rings. The number of carbonyl (C=O) groups is 1. The Kier molecular flexibility index (Phi) is 5.68. The number of amidine groups is 1. The molecule has 6 nitrogen and oxygen atoms in total. The molecule has 1 aliphatic rings. The molecule has 2 aromatic carbocycles. The number of sulfonamides is 1. The van der Waals surface area contributed by atoms with Crippen LogP contribution in [0.1, 0.15) is 31.2 Å². The zero-order chi connectivity index (χ0) is 18.4. The van der Waals surface area contributed by atoms with Crippen LogP contribution in [0.4, 0.5) is 5.69 Å². The van der Waals surface area contributed by atoms with Crippen LogP contribution < -0.4 is 10.0 Å². The molecule has 1 heterocycles. The van der Waals surface area contributed by atoms with Crippen LogP contribution in [0.3, 0.4) is 0 Å². The van der Waals surface area contributed by atoms with E-state index in [0.717, 1.165) is 24.9 Å². The van der Waals surface area contributed by atoms with E-state index in [2.05, 4.69) is 15.0 Å². The highest BCUT2D eigenvalue weighted by molar-refractivity contribution is 7.90. The molecule has 7 heteroatoms. The minimum atomic E-state index is -3.48. The van der Waals surface area contributed by atoms with Crippen molar-refractivity contribution in [1.82, 2.24) is 4.72 Å². The second kappa shape index (κ2) is 8.14. The molecule has 0 spiro atoms. The summed E-state index contributed by atoms with van der Waals surface area (Å²) in [6, 6.07) is 16.2. The van der Waals surface area contributed by atoms with Crippen LogP contribution in [0.5, 0.6) is 0 Å². The molecule has 0 aromatic heterocycles. The Morgan fingerprint density at radius 1 is 0.962 bits per heavy atom. The van der Waals surface area contributed by atoms with E-state index in [0.29, 0.717) is 24.4 Å². The first-order valence-corrected chi connectivity index (χ1v) is 10.1. The van der Waals surface area contributed by atoms with Gasteiger partial charge in [0.25, 0.3) is 10.0 Å². The molecule has 0 aliphatic carbocycles. The van der Waals surface area contributed by atoms with Gasteiger partial charge in [0.2, 0.25) is 5.91 Å². The Balaban J connectivity index is 1.41. The minimum absolute atomic E-state index is 0.00000545. The molecule has 136 valence electrons. The Morgan fingerprint density at radius 2 is 1.69 bits per heavy atom. The van der Waals surface area contributed by atoms with Gasteiger partial charge in [0.15, 0.2) is 0 Å². The molecule has 0 bridgehead atoms. The van der Waals surface area contributed by atoms with Crippen LogP contribution in [-0.2, 0) is 14.8 Å². The molecule has 1 aliphatic heterocycles. The predicted molar refractivity (Wildman–Crippen MR) is 102 cm³/mol. The molecule has 26 heavy (non-hydrogen) atoms. The molecule has 2 N–H and O–H groups in total. The number of aliphatic imine (C=N–C) groups is 1. The highest BCUT2D eigenvalue weighted by Crippen LogP contribution is 2.22. The van der Waals surface area contributed by atoms with Crippen molar-refractivity contribution in [3.63, 3.8) is 0 Å². The smallest absolute Gasteiger partial charge is 0.263 e. The SMILES string of the molecule is O=C(CCCCCN=C1NS(=O)(=O)c2ccccc21)Nc1ccccc1. The third kappa shape index (κ3) is 4.49. The number of hydrogen-bond acceptors (Lipinski definition) is 4. The van der Waals surface area contributed by atoms with Gasteiger partial charge >= 0.3 is 0 Å². The number of benzene rings is 2. The van der Waals surface area contributed by atoms with Gasteiger partial charge in [0.05, 0.1) is 4.90 Å². The zero-order valence-electron chi connectivity index (χ0n) is 14.3. The highest BCUT2D eigenvalue weighted by atomic mass is 32.2. The summed E-state index contributed by atoms with van der Waals surface area (Å²) in [4.78, 5) is 16.5. The molecular formula is C19H21N3O3S. The van der Waals surface area contributed by atoms with Crippen LogP contribution in [-0.4, -0.2) is 26.7 Å². The number of fused-ring (bicyclic) bond motifs is 1. The van der Waals surface area contributed by atoms with Crippen molar-refractivity contribution in [2.24, 2.45) is 4.99 Å². The average molecular weight is 371 g/mol.